The Morgan fingerprint density at radius 1 is 1.44 bits per heavy atom. The van der Waals surface area contributed by atoms with Gasteiger partial charge in [0, 0.05) is 5.54 Å². The molecule has 1 aliphatic heterocycles. The van der Waals surface area contributed by atoms with Crippen LogP contribution in [0.3, 0.4) is 0 Å². The molecule has 1 aliphatic carbocycles. The van der Waals surface area contributed by atoms with Crippen LogP contribution < -0.4 is 5.73 Å². The van der Waals surface area contributed by atoms with Crippen molar-refractivity contribution in [3.63, 3.8) is 0 Å². The topological polar surface area (TPSA) is 35.2 Å². The summed E-state index contributed by atoms with van der Waals surface area (Å²) in [6.45, 7) is 2.94. The van der Waals surface area contributed by atoms with Gasteiger partial charge in [-0.3, -0.25) is 0 Å². The molecule has 2 nitrogen and oxygen atoms in total. The maximum absolute atomic E-state index is 5.96. The molecular weight excluding hydrogens is 114 g/mol. The van der Waals surface area contributed by atoms with Crippen molar-refractivity contribution in [3.05, 3.63) is 0 Å². The lowest BCUT2D eigenvalue weighted by Gasteiger charge is -2.22. The van der Waals surface area contributed by atoms with Crippen molar-refractivity contribution in [3.8, 4) is 0 Å². The van der Waals surface area contributed by atoms with Gasteiger partial charge < -0.3 is 10.5 Å². The summed E-state index contributed by atoms with van der Waals surface area (Å²) in [7, 11) is 0. The van der Waals surface area contributed by atoms with Crippen LogP contribution in [-0.4, -0.2) is 17.7 Å². The summed E-state index contributed by atoms with van der Waals surface area (Å²) in [6, 6.07) is 0. The first-order valence-corrected chi connectivity index (χ1v) is 3.55. The highest BCUT2D eigenvalue weighted by Gasteiger charge is 2.50. The van der Waals surface area contributed by atoms with Crippen LogP contribution in [0.25, 0.3) is 0 Å². The van der Waals surface area contributed by atoms with Crippen LogP contribution in [0.1, 0.15) is 26.2 Å². The highest BCUT2D eigenvalue weighted by molar-refractivity contribution is 5.06. The summed E-state index contributed by atoms with van der Waals surface area (Å²) in [5.74, 6) is 0. The van der Waals surface area contributed by atoms with Gasteiger partial charge in [0.2, 0.25) is 0 Å². The number of ether oxygens (including phenoxy) is 1. The monoisotopic (exact) mass is 127 g/mol. The van der Waals surface area contributed by atoms with Gasteiger partial charge in [-0.1, -0.05) is 0 Å². The summed E-state index contributed by atoms with van der Waals surface area (Å²) >= 11 is 0. The first kappa shape index (κ1) is 5.69. The van der Waals surface area contributed by atoms with Crippen LogP contribution >= 0.6 is 0 Å². The fourth-order valence-corrected chi connectivity index (χ4v) is 2.00. The number of hydrogen-bond donors (Lipinski definition) is 1. The third-order valence-electron chi connectivity index (χ3n) is 2.59. The standard InChI is InChI=1S/C7H13NO/c1-6-2-3-7(8,4-6)5-9-6/h2-5,8H2,1H3/t6-,7-/m1/s1. The average molecular weight is 127 g/mol. The lowest BCUT2D eigenvalue weighted by atomic mass is 10.0. The van der Waals surface area contributed by atoms with Gasteiger partial charge >= 0.3 is 0 Å². The Labute approximate surface area is 55.4 Å². The van der Waals surface area contributed by atoms with E-state index in [1.165, 1.54) is 0 Å². The lowest BCUT2D eigenvalue weighted by molar-refractivity contribution is -0.00509. The zero-order chi connectivity index (χ0) is 6.54. The van der Waals surface area contributed by atoms with Crippen molar-refractivity contribution in [2.24, 2.45) is 5.73 Å². The predicted molar refractivity (Wildman–Crippen MR) is 35.1 cm³/mol. The summed E-state index contributed by atoms with van der Waals surface area (Å²) in [4.78, 5) is 0. The van der Waals surface area contributed by atoms with E-state index < -0.39 is 0 Å². The molecule has 2 aliphatic rings. The molecule has 0 radical (unpaired) electrons. The van der Waals surface area contributed by atoms with E-state index in [4.69, 9.17) is 10.5 Å². The van der Waals surface area contributed by atoms with Crippen LogP contribution in [0.5, 0.6) is 0 Å². The van der Waals surface area contributed by atoms with E-state index in [1.807, 2.05) is 0 Å². The fourth-order valence-electron chi connectivity index (χ4n) is 2.00. The number of rotatable bonds is 0. The zero-order valence-corrected chi connectivity index (χ0v) is 5.81. The van der Waals surface area contributed by atoms with Crippen molar-refractivity contribution in [1.29, 1.82) is 0 Å². The van der Waals surface area contributed by atoms with Gasteiger partial charge in [-0.15, -0.1) is 0 Å². The molecule has 9 heavy (non-hydrogen) atoms. The first-order chi connectivity index (χ1) is 4.12. The summed E-state index contributed by atoms with van der Waals surface area (Å²) in [6.07, 6.45) is 3.38. The molecule has 0 amide bonds. The third kappa shape index (κ3) is 0.700. The molecule has 1 saturated heterocycles. The van der Waals surface area contributed by atoms with Crippen molar-refractivity contribution in [1.82, 2.24) is 0 Å². The van der Waals surface area contributed by atoms with Crippen LogP contribution in [0.2, 0.25) is 0 Å². The Balaban J connectivity index is 2.25. The fraction of sp³-hybridized carbons (Fsp3) is 1.00. The molecule has 0 aromatic carbocycles. The van der Waals surface area contributed by atoms with E-state index >= 15 is 0 Å². The van der Waals surface area contributed by atoms with Crippen molar-refractivity contribution >= 4 is 0 Å². The lowest BCUT2D eigenvalue weighted by Crippen LogP contribution is -2.38. The number of fused-ring (bicyclic) bond motifs is 2. The van der Waals surface area contributed by atoms with Gasteiger partial charge in [-0.05, 0) is 26.2 Å². The van der Waals surface area contributed by atoms with Gasteiger partial charge in [-0.25, -0.2) is 0 Å². The van der Waals surface area contributed by atoms with Crippen LogP contribution in [0, 0.1) is 0 Å². The van der Waals surface area contributed by atoms with Gasteiger partial charge in [0.25, 0.3) is 0 Å². The maximum Gasteiger partial charge on any atom is 0.0674 e. The molecule has 0 aromatic rings. The van der Waals surface area contributed by atoms with Crippen LogP contribution in [0.15, 0.2) is 0 Å². The average Bonchev–Trinajstić information content (AvgIpc) is 2.19. The SMILES string of the molecule is C[C@]12CC[C@](N)(CO1)C2. The Hall–Kier alpha value is -0.0800. The molecule has 2 atom stereocenters. The minimum Gasteiger partial charge on any atom is -0.373 e. The van der Waals surface area contributed by atoms with Gasteiger partial charge in [0.05, 0.1) is 12.2 Å². The van der Waals surface area contributed by atoms with Crippen molar-refractivity contribution in [2.75, 3.05) is 6.61 Å². The Bertz CT molecular complexity index is 120. The van der Waals surface area contributed by atoms with Gasteiger partial charge in [-0.2, -0.15) is 0 Å². The highest BCUT2D eigenvalue weighted by Crippen LogP contribution is 2.44. The number of hydrogen-bond acceptors (Lipinski definition) is 2. The van der Waals surface area contributed by atoms with Gasteiger partial charge in [0.1, 0.15) is 0 Å². The Morgan fingerprint density at radius 3 is 2.33 bits per heavy atom. The quantitative estimate of drug-likeness (QED) is 0.518. The van der Waals surface area contributed by atoms with Crippen molar-refractivity contribution < 1.29 is 4.74 Å². The molecule has 52 valence electrons. The van der Waals surface area contributed by atoms with Crippen LogP contribution in [0.4, 0.5) is 0 Å². The number of nitrogens with two attached hydrogens (primary N) is 1. The molecule has 2 heteroatoms. The van der Waals surface area contributed by atoms with Gasteiger partial charge in [0.15, 0.2) is 0 Å². The molecule has 0 aromatic heterocycles. The molecule has 2 rings (SSSR count). The minimum absolute atomic E-state index is 0.0503. The zero-order valence-electron chi connectivity index (χ0n) is 5.81. The first-order valence-electron chi connectivity index (χ1n) is 3.55. The molecule has 1 saturated carbocycles. The second-order valence-electron chi connectivity index (χ2n) is 3.78. The van der Waals surface area contributed by atoms with E-state index in [2.05, 4.69) is 6.92 Å². The van der Waals surface area contributed by atoms with E-state index in [-0.39, 0.29) is 11.1 Å². The summed E-state index contributed by atoms with van der Waals surface area (Å²) in [5.41, 5.74) is 6.16. The van der Waals surface area contributed by atoms with E-state index in [0.717, 1.165) is 25.9 Å². The normalized spacial score (nSPS) is 56.7. The maximum atomic E-state index is 5.96. The second-order valence-corrected chi connectivity index (χ2v) is 3.78. The molecule has 0 unspecified atom stereocenters. The molecular formula is C7H13NO. The minimum atomic E-state index is 0.0503. The largest absolute Gasteiger partial charge is 0.373 e. The smallest absolute Gasteiger partial charge is 0.0674 e. The Morgan fingerprint density at radius 2 is 2.22 bits per heavy atom. The van der Waals surface area contributed by atoms with Crippen LogP contribution in [-0.2, 0) is 4.74 Å². The van der Waals surface area contributed by atoms with E-state index in [9.17, 15) is 0 Å². The summed E-state index contributed by atoms with van der Waals surface area (Å²) in [5, 5.41) is 0. The highest BCUT2D eigenvalue weighted by atomic mass is 16.5. The van der Waals surface area contributed by atoms with E-state index in [0.29, 0.717) is 0 Å². The molecule has 1 heterocycles. The molecule has 2 N–H and O–H groups in total. The third-order valence-corrected chi connectivity index (χ3v) is 2.59. The predicted octanol–water partition coefficient (Wildman–Crippen LogP) is 0.657. The molecule has 0 spiro atoms. The molecule has 2 fully saturated rings. The molecule has 2 bridgehead atoms. The Kier molecular flexibility index (Phi) is 0.837. The second kappa shape index (κ2) is 1.32. The summed E-state index contributed by atoms with van der Waals surface area (Å²) < 4.78 is 5.52. The van der Waals surface area contributed by atoms with E-state index in [1.54, 1.807) is 0 Å². The van der Waals surface area contributed by atoms with Crippen molar-refractivity contribution in [2.45, 2.75) is 37.3 Å².